The molecule has 1 aromatic rings. The van der Waals surface area contributed by atoms with Crippen LogP contribution in [0.3, 0.4) is 0 Å². The Balaban J connectivity index is 3.12. The van der Waals surface area contributed by atoms with Crippen LogP contribution in [0.15, 0.2) is 18.2 Å². The van der Waals surface area contributed by atoms with Crippen molar-refractivity contribution >= 4 is 17.9 Å². The maximum atomic E-state index is 11.0. The zero-order valence-electron chi connectivity index (χ0n) is 7.11. The first-order valence-corrected chi connectivity index (χ1v) is 3.62. The average molecular weight is 179 g/mol. The van der Waals surface area contributed by atoms with Crippen LogP contribution in [0.4, 0.5) is 5.69 Å². The molecule has 0 bridgehead atoms. The van der Waals surface area contributed by atoms with Crippen LogP contribution in [-0.2, 0) is 4.74 Å². The van der Waals surface area contributed by atoms with E-state index in [0.29, 0.717) is 11.8 Å². The van der Waals surface area contributed by atoms with Gasteiger partial charge in [-0.05, 0) is 12.1 Å². The Hall–Kier alpha value is -1.84. The molecular weight excluding hydrogens is 170 g/mol. The molecule has 0 aliphatic heterocycles. The highest BCUT2D eigenvalue weighted by Gasteiger charge is 2.09. The Morgan fingerprint density at radius 2 is 2.23 bits per heavy atom. The van der Waals surface area contributed by atoms with Crippen molar-refractivity contribution in [3.63, 3.8) is 0 Å². The minimum absolute atomic E-state index is 0.247. The van der Waals surface area contributed by atoms with Gasteiger partial charge in [-0.2, -0.15) is 0 Å². The van der Waals surface area contributed by atoms with Crippen LogP contribution >= 0.6 is 0 Å². The van der Waals surface area contributed by atoms with E-state index in [4.69, 9.17) is 5.73 Å². The monoisotopic (exact) mass is 179 g/mol. The maximum Gasteiger partial charge on any atom is 0.339 e. The van der Waals surface area contributed by atoms with Crippen LogP contribution in [-0.4, -0.2) is 19.4 Å². The van der Waals surface area contributed by atoms with Gasteiger partial charge in [0.15, 0.2) is 0 Å². The van der Waals surface area contributed by atoms with Crippen LogP contribution in [0, 0.1) is 0 Å². The number of hydrogen-bond acceptors (Lipinski definition) is 4. The second-order valence-electron chi connectivity index (χ2n) is 2.46. The van der Waals surface area contributed by atoms with Crippen molar-refractivity contribution in [2.45, 2.75) is 0 Å². The van der Waals surface area contributed by atoms with Crippen LogP contribution in [0.25, 0.3) is 0 Å². The fraction of sp³-hybridized carbons (Fsp3) is 0.111. The predicted molar refractivity (Wildman–Crippen MR) is 47.6 cm³/mol. The Morgan fingerprint density at radius 1 is 1.54 bits per heavy atom. The highest BCUT2D eigenvalue weighted by Crippen LogP contribution is 2.13. The molecule has 2 N–H and O–H groups in total. The zero-order chi connectivity index (χ0) is 9.84. The molecule has 0 radical (unpaired) electrons. The van der Waals surface area contributed by atoms with E-state index in [1.807, 2.05) is 0 Å². The van der Waals surface area contributed by atoms with E-state index in [-0.39, 0.29) is 11.3 Å². The number of aldehydes is 1. The van der Waals surface area contributed by atoms with Gasteiger partial charge in [0.2, 0.25) is 0 Å². The highest BCUT2D eigenvalue weighted by molar-refractivity contribution is 5.96. The molecule has 0 amide bonds. The summed E-state index contributed by atoms with van der Waals surface area (Å²) in [6.45, 7) is 0. The summed E-state index contributed by atoms with van der Waals surface area (Å²) >= 11 is 0. The molecule has 4 heteroatoms. The lowest BCUT2D eigenvalue weighted by molar-refractivity contribution is 0.0601. The molecule has 4 nitrogen and oxygen atoms in total. The quantitative estimate of drug-likeness (QED) is 0.415. The van der Waals surface area contributed by atoms with Crippen molar-refractivity contribution in [3.8, 4) is 0 Å². The molecule has 0 aromatic heterocycles. The molecule has 1 rings (SSSR count). The molecule has 0 aliphatic rings. The smallest absolute Gasteiger partial charge is 0.339 e. The fourth-order valence-electron chi connectivity index (χ4n) is 0.950. The summed E-state index contributed by atoms with van der Waals surface area (Å²) in [5.41, 5.74) is 6.47. The molecule has 0 heterocycles. The topological polar surface area (TPSA) is 69.4 Å². The van der Waals surface area contributed by atoms with E-state index in [1.54, 1.807) is 0 Å². The van der Waals surface area contributed by atoms with Gasteiger partial charge < -0.3 is 10.5 Å². The maximum absolute atomic E-state index is 11.0. The molecule has 0 spiro atoms. The number of methoxy groups -OCH3 is 1. The van der Waals surface area contributed by atoms with E-state index in [0.717, 1.165) is 0 Å². The third-order valence-electron chi connectivity index (χ3n) is 1.62. The third kappa shape index (κ3) is 1.84. The van der Waals surface area contributed by atoms with Crippen molar-refractivity contribution in [2.75, 3.05) is 12.8 Å². The van der Waals surface area contributed by atoms with Gasteiger partial charge in [-0.25, -0.2) is 4.79 Å². The summed E-state index contributed by atoms with van der Waals surface area (Å²) in [5, 5.41) is 0. The average Bonchev–Trinajstić information content (AvgIpc) is 2.16. The van der Waals surface area contributed by atoms with Crippen molar-refractivity contribution in [1.29, 1.82) is 0 Å². The third-order valence-corrected chi connectivity index (χ3v) is 1.62. The van der Waals surface area contributed by atoms with Crippen molar-refractivity contribution in [1.82, 2.24) is 0 Å². The first-order chi connectivity index (χ1) is 6.19. The normalized spacial score (nSPS) is 9.31. The van der Waals surface area contributed by atoms with Crippen LogP contribution in [0.5, 0.6) is 0 Å². The second-order valence-corrected chi connectivity index (χ2v) is 2.46. The fourth-order valence-corrected chi connectivity index (χ4v) is 0.950. The molecule has 0 fully saturated rings. The van der Waals surface area contributed by atoms with Crippen LogP contribution < -0.4 is 5.73 Å². The van der Waals surface area contributed by atoms with E-state index in [1.165, 1.54) is 25.3 Å². The number of carbonyl (C=O) groups is 2. The Kier molecular flexibility index (Phi) is 2.64. The van der Waals surface area contributed by atoms with Gasteiger partial charge in [0.25, 0.3) is 0 Å². The molecular formula is C9H9NO3. The van der Waals surface area contributed by atoms with Crippen molar-refractivity contribution in [2.24, 2.45) is 0 Å². The SMILES string of the molecule is COC(=O)c1ccc(C=O)cc1N. The van der Waals surface area contributed by atoms with E-state index in [2.05, 4.69) is 4.74 Å². The van der Waals surface area contributed by atoms with Gasteiger partial charge in [-0.3, -0.25) is 4.79 Å². The molecule has 0 aliphatic carbocycles. The van der Waals surface area contributed by atoms with Crippen molar-refractivity contribution in [3.05, 3.63) is 29.3 Å². The zero-order valence-corrected chi connectivity index (χ0v) is 7.11. The molecule has 1 aromatic carbocycles. The lowest BCUT2D eigenvalue weighted by Gasteiger charge is -2.02. The predicted octanol–water partition coefficient (Wildman–Crippen LogP) is 0.868. The summed E-state index contributed by atoms with van der Waals surface area (Å²) in [4.78, 5) is 21.4. The van der Waals surface area contributed by atoms with Gasteiger partial charge in [0, 0.05) is 11.3 Å². The van der Waals surface area contributed by atoms with E-state index in [9.17, 15) is 9.59 Å². The lowest BCUT2D eigenvalue weighted by Crippen LogP contribution is -2.05. The summed E-state index contributed by atoms with van der Waals surface area (Å²) < 4.78 is 4.48. The number of hydrogen-bond donors (Lipinski definition) is 1. The number of nitrogen functional groups attached to an aromatic ring is 1. The number of benzene rings is 1. The Morgan fingerprint density at radius 3 is 2.69 bits per heavy atom. The first-order valence-electron chi connectivity index (χ1n) is 3.62. The summed E-state index contributed by atoms with van der Waals surface area (Å²) in [6.07, 6.45) is 0.664. The number of anilines is 1. The lowest BCUT2D eigenvalue weighted by atomic mass is 10.1. The van der Waals surface area contributed by atoms with Crippen LogP contribution in [0.2, 0.25) is 0 Å². The Labute approximate surface area is 75.3 Å². The molecule has 0 saturated carbocycles. The molecule has 68 valence electrons. The minimum Gasteiger partial charge on any atom is -0.465 e. The largest absolute Gasteiger partial charge is 0.465 e. The van der Waals surface area contributed by atoms with Crippen molar-refractivity contribution < 1.29 is 14.3 Å². The second kappa shape index (κ2) is 3.71. The summed E-state index contributed by atoms with van der Waals surface area (Å²) in [7, 11) is 1.27. The molecule has 0 saturated heterocycles. The van der Waals surface area contributed by atoms with Gasteiger partial charge >= 0.3 is 5.97 Å². The standard InChI is InChI=1S/C9H9NO3/c1-13-9(12)7-3-2-6(5-11)4-8(7)10/h2-5H,10H2,1H3. The molecule has 13 heavy (non-hydrogen) atoms. The molecule has 0 unspecified atom stereocenters. The first kappa shape index (κ1) is 9.25. The van der Waals surface area contributed by atoms with Gasteiger partial charge in [0.05, 0.1) is 12.7 Å². The van der Waals surface area contributed by atoms with Gasteiger partial charge in [0.1, 0.15) is 6.29 Å². The number of nitrogens with two attached hydrogens (primary N) is 1. The summed E-state index contributed by atoms with van der Waals surface area (Å²) in [5.74, 6) is -0.505. The van der Waals surface area contributed by atoms with E-state index >= 15 is 0 Å². The number of esters is 1. The number of rotatable bonds is 2. The minimum atomic E-state index is -0.505. The molecule has 0 atom stereocenters. The summed E-state index contributed by atoms with van der Waals surface area (Å²) in [6, 6.07) is 4.40. The van der Waals surface area contributed by atoms with Gasteiger partial charge in [-0.15, -0.1) is 0 Å². The van der Waals surface area contributed by atoms with Gasteiger partial charge in [-0.1, -0.05) is 6.07 Å². The van der Waals surface area contributed by atoms with Crippen LogP contribution in [0.1, 0.15) is 20.7 Å². The Bertz CT molecular complexity index is 347. The highest BCUT2D eigenvalue weighted by atomic mass is 16.5. The number of carbonyl (C=O) groups excluding carboxylic acids is 2. The van der Waals surface area contributed by atoms with E-state index < -0.39 is 5.97 Å². The number of ether oxygens (including phenoxy) is 1.